The number of hydrogen-bond donors (Lipinski definition) is 2. The van der Waals surface area contributed by atoms with Crippen molar-refractivity contribution in [2.24, 2.45) is 5.92 Å². The summed E-state index contributed by atoms with van der Waals surface area (Å²) in [5.74, 6) is 0.366. The van der Waals surface area contributed by atoms with Gasteiger partial charge in [-0.05, 0) is 17.7 Å². The molecule has 0 spiro atoms. The van der Waals surface area contributed by atoms with Gasteiger partial charge < -0.3 is 14.4 Å². The fourth-order valence-corrected chi connectivity index (χ4v) is 4.65. The lowest BCUT2D eigenvalue weighted by Crippen LogP contribution is -2.48. The van der Waals surface area contributed by atoms with Gasteiger partial charge in [-0.1, -0.05) is 26.0 Å². The van der Waals surface area contributed by atoms with E-state index in [9.17, 15) is 9.59 Å². The zero-order chi connectivity index (χ0) is 24.2. The van der Waals surface area contributed by atoms with Crippen molar-refractivity contribution in [2.45, 2.75) is 32.8 Å². The van der Waals surface area contributed by atoms with Gasteiger partial charge in [-0.15, -0.1) is 11.3 Å². The third-order valence-electron chi connectivity index (χ3n) is 5.76. The molecule has 2 amide bonds. The van der Waals surface area contributed by atoms with Crippen LogP contribution in [0.5, 0.6) is 5.88 Å². The van der Waals surface area contributed by atoms with E-state index in [1.807, 2.05) is 31.4 Å². The Hall–Kier alpha value is -3.53. The number of fused-ring (bicyclic) bond motifs is 1. The van der Waals surface area contributed by atoms with Gasteiger partial charge in [-0.25, -0.2) is 19.6 Å². The Bertz CT molecular complexity index is 1200. The first-order chi connectivity index (χ1) is 16.4. The molecule has 9 nitrogen and oxygen atoms in total. The highest BCUT2D eigenvalue weighted by Crippen LogP contribution is 2.37. The van der Waals surface area contributed by atoms with E-state index in [4.69, 9.17) is 14.9 Å². The number of piperidine rings is 1. The van der Waals surface area contributed by atoms with Crippen molar-refractivity contribution in [2.75, 3.05) is 20.2 Å². The van der Waals surface area contributed by atoms with Crippen LogP contribution >= 0.6 is 11.3 Å². The van der Waals surface area contributed by atoms with Crippen LogP contribution in [0.25, 0.3) is 21.3 Å². The molecular formula is C24H27N5O4S. The Kier molecular flexibility index (Phi) is 7.06. The summed E-state index contributed by atoms with van der Waals surface area (Å²) in [4.78, 5) is 34.6. The molecule has 1 aromatic carbocycles. The summed E-state index contributed by atoms with van der Waals surface area (Å²) in [7, 11) is 1.36. The Morgan fingerprint density at radius 2 is 1.88 bits per heavy atom. The van der Waals surface area contributed by atoms with Crippen LogP contribution in [0, 0.1) is 11.3 Å². The number of benzene rings is 1. The maximum atomic E-state index is 12.4. The largest absolute Gasteiger partial charge is 0.473 e. The number of urea groups is 1. The van der Waals surface area contributed by atoms with Gasteiger partial charge >= 0.3 is 12.0 Å². The number of methoxy groups -OCH3 is 1. The number of aromatic nitrogens is 2. The number of esters is 1. The van der Waals surface area contributed by atoms with E-state index in [2.05, 4.69) is 15.3 Å². The van der Waals surface area contributed by atoms with E-state index in [0.717, 1.165) is 21.3 Å². The molecule has 34 heavy (non-hydrogen) atoms. The lowest BCUT2D eigenvalue weighted by Gasteiger charge is -2.32. The van der Waals surface area contributed by atoms with Crippen LogP contribution in [-0.2, 0) is 4.74 Å². The summed E-state index contributed by atoms with van der Waals surface area (Å²) in [5.41, 5.74) is 3.17. The van der Waals surface area contributed by atoms with E-state index in [-0.39, 0.29) is 29.9 Å². The molecule has 1 aliphatic rings. The Morgan fingerprint density at radius 1 is 1.18 bits per heavy atom. The number of nitrogens with one attached hydrogen (secondary N) is 2. The third kappa shape index (κ3) is 5.01. The normalized spacial score (nSPS) is 14.3. The van der Waals surface area contributed by atoms with Crippen molar-refractivity contribution in [1.29, 1.82) is 5.41 Å². The quantitative estimate of drug-likeness (QED) is 0.318. The number of carbonyl (C=O) groups is 2. The van der Waals surface area contributed by atoms with Crippen LogP contribution in [0.15, 0.2) is 36.0 Å². The maximum Gasteiger partial charge on any atom is 0.337 e. The highest BCUT2D eigenvalue weighted by molar-refractivity contribution is 7.18. The highest BCUT2D eigenvalue weighted by Gasteiger charge is 2.26. The lowest BCUT2D eigenvalue weighted by atomic mass is 10.1. The number of carbonyl (C=O) groups excluding carboxylic acids is 2. The molecule has 2 N–H and O–H groups in total. The minimum atomic E-state index is -0.374. The molecule has 0 atom stereocenters. The van der Waals surface area contributed by atoms with Gasteiger partial charge in [0.15, 0.2) is 0 Å². The molecule has 2 aromatic heterocycles. The Morgan fingerprint density at radius 3 is 2.53 bits per heavy atom. The molecule has 0 aliphatic carbocycles. The second-order valence-electron chi connectivity index (χ2n) is 8.38. The summed E-state index contributed by atoms with van der Waals surface area (Å²) in [5, 5.41) is 12.5. The number of rotatable bonds is 5. The second kappa shape index (κ2) is 10.2. The fourth-order valence-electron chi connectivity index (χ4n) is 3.69. The van der Waals surface area contributed by atoms with Gasteiger partial charge in [0.2, 0.25) is 5.88 Å². The average Bonchev–Trinajstić information content (AvgIpc) is 3.29. The van der Waals surface area contributed by atoms with Crippen molar-refractivity contribution in [1.82, 2.24) is 20.2 Å². The van der Waals surface area contributed by atoms with Gasteiger partial charge in [0.25, 0.3) is 0 Å². The smallest absolute Gasteiger partial charge is 0.337 e. The molecule has 0 unspecified atom stereocenters. The summed E-state index contributed by atoms with van der Waals surface area (Å²) < 4.78 is 11.9. The molecule has 3 aromatic rings. The molecule has 10 heteroatoms. The van der Waals surface area contributed by atoms with Gasteiger partial charge in [0, 0.05) is 42.8 Å². The first kappa shape index (κ1) is 23.6. The highest BCUT2D eigenvalue weighted by atomic mass is 32.1. The summed E-state index contributed by atoms with van der Waals surface area (Å²) >= 11 is 1.51. The van der Waals surface area contributed by atoms with Crippen LogP contribution in [0.1, 0.15) is 37.0 Å². The fraction of sp³-hybridized carbons (Fsp3) is 0.375. The van der Waals surface area contributed by atoms with E-state index in [1.54, 1.807) is 17.0 Å². The summed E-state index contributed by atoms with van der Waals surface area (Å²) in [6.07, 6.45) is 2.80. The second-order valence-corrected chi connectivity index (χ2v) is 9.26. The van der Waals surface area contributed by atoms with Crippen molar-refractivity contribution in [3.05, 3.63) is 41.5 Å². The summed E-state index contributed by atoms with van der Waals surface area (Å²) in [6.45, 7) is 4.85. The molecule has 4 rings (SSSR count). The predicted molar refractivity (Wildman–Crippen MR) is 131 cm³/mol. The standard InChI is InChI=1S/C24H27N5O4S/c1-14(2)21(25)28-24(31)29-10-8-17(9-11-29)33-22-20-19(26-13-27-22)18(12-34-20)15-4-6-16(7-5-15)23(30)32-3/h4-7,12-14,17H,8-11H2,1-3H3,(H2,25,28,31). The zero-order valence-corrected chi connectivity index (χ0v) is 20.1. The van der Waals surface area contributed by atoms with Crippen molar-refractivity contribution < 1.29 is 19.1 Å². The molecular weight excluding hydrogens is 454 g/mol. The topological polar surface area (TPSA) is 118 Å². The minimum absolute atomic E-state index is 0.0218. The number of hydrogen-bond acceptors (Lipinski definition) is 8. The molecule has 0 bridgehead atoms. The Balaban J connectivity index is 1.43. The minimum Gasteiger partial charge on any atom is -0.473 e. The first-order valence-electron chi connectivity index (χ1n) is 11.1. The van der Waals surface area contributed by atoms with E-state index in [1.165, 1.54) is 24.8 Å². The van der Waals surface area contributed by atoms with Crippen LogP contribution in [0.2, 0.25) is 0 Å². The number of thiophene rings is 1. The van der Waals surface area contributed by atoms with Gasteiger partial charge in [-0.2, -0.15) is 0 Å². The molecule has 1 saturated heterocycles. The van der Waals surface area contributed by atoms with Crippen molar-refractivity contribution in [3.8, 4) is 17.0 Å². The van der Waals surface area contributed by atoms with Gasteiger partial charge in [-0.3, -0.25) is 10.7 Å². The van der Waals surface area contributed by atoms with E-state index < -0.39 is 0 Å². The number of likely N-dealkylation sites (tertiary alicyclic amines) is 1. The Labute approximate surface area is 201 Å². The number of amidine groups is 1. The van der Waals surface area contributed by atoms with E-state index >= 15 is 0 Å². The number of nitrogens with zero attached hydrogens (tertiary/aromatic N) is 3. The van der Waals surface area contributed by atoms with Crippen molar-refractivity contribution >= 4 is 39.4 Å². The van der Waals surface area contributed by atoms with Gasteiger partial charge in [0.05, 0.1) is 18.2 Å². The third-order valence-corrected chi connectivity index (χ3v) is 6.72. The van der Waals surface area contributed by atoms with Crippen LogP contribution in [0.3, 0.4) is 0 Å². The first-order valence-corrected chi connectivity index (χ1v) is 12.0. The molecule has 178 valence electrons. The van der Waals surface area contributed by atoms with Crippen molar-refractivity contribution in [3.63, 3.8) is 0 Å². The zero-order valence-electron chi connectivity index (χ0n) is 19.3. The van der Waals surface area contributed by atoms with Crippen LogP contribution in [-0.4, -0.2) is 59.0 Å². The van der Waals surface area contributed by atoms with Gasteiger partial charge in [0.1, 0.15) is 23.0 Å². The molecule has 0 radical (unpaired) electrons. The molecule has 3 heterocycles. The summed E-state index contributed by atoms with van der Waals surface area (Å²) in [6, 6.07) is 6.97. The predicted octanol–water partition coefficient (Wildman–Crippen LogP) is 4.33. The number of amides is 2. The lowest BCUT2D eigenvalue weighted by molar-refractivity contribution is 0.0600. The molecule has 1 fully saturated rings. The number of ether oxygens (including phenoxy) is 2. The van der Waals surface area contributed by atoms with E-state index in [0.29, 0.717) is 37.4 Å². The maximum absolute atomic E-state index is 12.4. The monoisotopic (exact) mass is 481 g/mol. The molecule has 1 aliphatic heterocycles. The molecule has 0 saturated carbocycles. The SMILES string of the molecule is COC(=O)c1ccc(-c2csc3c(OC4CCN(C(=O)NC(=N)C(C)C)CC4)ncnc23)cc1. The van der Waals surface area contributed by atoms with Crippen LogP contribution in [0.4, 0.5) is 4.79 Å². The average molecular weight is 482 g/mol. The van der Waals surface area contributed by atoms with Crippen LogP contribution < -0.4 is 10.1 Å².